The first-order chi connectivity index (χ1) is 13.7. The fraction of sp³-hybridized carbons (Fsp3) is 0.261. The Hall–Kier alpha value is -2.56. The summed E-state index contributed by atoms with van der Waals surface area (Å²) in [6.45, 7) is 2.63. The van der Waals surface area contributed by atoms with Crippen LogP contribution in [0.15, 0.2) is 60.8 Å². The van der Waals surface area contributed by atoms with Gasteiger partial charge in [-0.05, 0) is 36.2 Å². The number of anilines is 1. The van der Waals surface area contributed by atoms with Gasteiger partial charge in [-0.15, -0.1) is 0 Å². The molecule has 1 fully saturated rings. The SMILES string of the molecule is COC1CCN(c2nc3ccccc3c3c2ccn3Cc2cccc(Cl)c2)C1. The minimum atomic E-state index is 0.275. The number of methoxy groups -OCH3 is 1. The maximum absolute atomic E-state index is 6.20. The van der Waals surface area contributed by atoms with E-state index in [1.807, 2.05) is 18.2 Å². The summed E-state index contributed by atoms with van der Waals surface area (Å²) >= 11 is 6.20. The molecule has 2 aromatic carbocycles. The van der Waals surface area contributed by atoms with Crippen LogP contribution < -0.4 is 4.90 Å². The number of fused-ring (bicyclic) bond motifs is 3. The van der Waals surface area contributed by atoms with Gasteiger partial charge in [-0.2, -0.15) is 0 Å². The van der Waals surface area contributed by atoms with Crippen LogP contribution >= 0.6 is 11.6 Å². The lowest BCUT2D eigenvalue weighted by molar-refractivity contribution is 0.121. The average molecular weight is 392 g/mol. The molecule has 1 unspecified atom stereocenters. The van der Waals surface area contributed by atoms with Gasteiger partial charge in [0.1, 0.15) is 5.82 Å². The number of benzene rings is 2. The molecule has 1 aliphatic heterocycles. The molecule has 0 saturated carbocycles. The van der Waals surface area contributed by atoms with E-state index >= 15 is 0 Å². The van der Waals surface area contributed by atoms with Crippen LogP contribution in [0.25, 0.3) is 21.8 Å². The molecule has 28 heavy (non-hydrogen) atoms. The molecule has 142 valence electrons. The van der Waals surface area contributed by atoms with Crippen molar-refractivity contribution < 1.29 is 4.74 Å². The van der Waals surface area contributed by atoms with Crippen molar-refractivity contribution in [2.75, 3.05) is 25.1 Å². The van der Waals surface area contributed by atoms with Crippen molar-refractivity contribution in [2.45, 2.75) is 19.1 Å². The fourth-order valence-corrected chi connectivity index (χ4v) is 4.43. The predicted molar refractivity (Wildman–Crippen MR) is 115 cm³/mol. The van der Waals surface area contributed by atoms with Crippen molar-refractivity contribution in [3.05, 3.63) is 71.4 Å². The molecular weight excluding hydrogens is 370 g/mol. The smallest absolute Gasteiger partial charge is 0.138 e. The molecule has 1 aliphatic rings. The monoisotopic (exact) mass is 391 g/mol. The summed E-state index contributed by atoms with van der Waals surface area (Å²) in [6, 6.07) is 18.6. The van der Waals surface area contributed by atoms with E-state index in [0.29, 0.717) is 0 Å². The maximum Gasteiger partial charge on any atom is 0.138 e. The normalized spacial score (nSPS) is 17.1. The zero-order valence-corrected chi connectivity index (χ0v) is 16.6. The lowest BCUT2D eigenvalue weighted by atomic mass is 10.1. The number of pyridine rings is 1. The van der Waals surface area contributed by atoms with Gasteiger partial charge in [-0.25, -0.2) is 4.98 Å². The van der Waals surface area contributed by atoms with E-state index < -0.39 is 0 Å². The molecule has 0 radical (unpaired) electrons. The molecule has 0 aliphatic carbocycles. The number of rotatable bonds is 4. The summed E-state index contributed by atoms with van der Waals surface area (Å²) in [7, 11) is 1.79. The second kappa shape index (κ2) is 7.12. The molecule has 1 atom stereocenters. The molecule has 3 heterocycles. The summed E-state index contributed by atoms with van der Waals surface area (Å²) < 4.78 is 7.87. The number of ether oxygens (including phenoxy) is 1. The van der Waals surface area contributed by atoms with Crippen LogP contribution in [-0.2, 0) is 11.3 Å². The van der Waals surface area contributed by atoms with E-state index in [4.69, 9.17) is 21.3 Å². The molecule has 0 bridgehead atoms. The Labute approximate surface area is 169 Å². The predicted octanol–water partition coefficient (Wildman–Crippen LogP) is 5.12. The minimum absolute atomic E-state index is 0.275. The Morgan fingerprint density at radius 3 is 2.82 bits per heavy atom. The zero-order chi connectivity index (χ0) is 19.1. The molecular formula is C23H22ClN3O. The second-order valence-corrected chi connectivity index (χ2v) is 7.82. The van der Waals surface area contributed by atoms with Crippen molar-refractivity contribution in [1.82, 2.24) is 9.55 Å². The molecule has 4 aromatic rings. The standard InChI is InChI=1S/C23H22ClN3O/c1-28-18-9-11-27(15-18)23-20-10-12-26(14-16-5-4-6-17(24)13-16)22(20)19-7-2-3-8-21(19)25-23/h2-8,10,12-13,18H,9,11,14-15H2,1H3. The van der Waals surface area contributed by atoms with E-state index in [1.165, 1.54) is 21.9 Å². The quantitative estimate of drug-likeness (QED) is 0.484. The van der Waals surface area contributed by atoms with Gasteiger partial charge in [0.2, 0.25) is 0 Å². The van der Waals surface area contributed by atoms with E-state index in [-0.39, 0.29) is 6.10 Å². The highest BCUT2D eigenvalue weighted by molar-refractivity contribution is 6.30. The van der Waals surface area contributed by atoms with E-state index in [1.54, 1.807) is 7.11 Å². The third kappa shape index (κ3) is 3.03. The Kier molecular flexibility index (Phi) is 4.46. The summed E-state index contributed by atoms with van der Waals surface area (Å²) in [5.74, 6) is 1.05. The van der Waals surface area contributed by atoms with Gasteiger partial charge in [0, 0.05) is 48.7 Å². The Bertz CT molecular complexity index is 1150. The molecule has 2 aromatic heterocycles. The van der Waals surface area contributed by atoms with E-state index in [2.05, 4.69) is 52.1 Å². The number of hydrogen-bond acceptors (Lipinski definition) is 3. The highest BCUT2D eigenvalue weighted by Crippen LogP contribution is 2.34. The van der Waals surface area contributed by atoms with Gasteiger partial charge in [-0.3, -0.25) is 0 Å². The van der Waals surface area contributed by atoms with Crippen molar-refractivity contribution >= 4 is 39.2 Å². The Morgan fingerprint density at radius 2 is 2.00 bits per heavy atom. The number of para-hydroxylation sites is 1. The highest BCUT2D eigenvalue weighted by atomic mass is 35.5. The Balaban J connectivity index is 1.67. The van der Waals surface area contributed by atoms with Crippen molar-refractivity contribution in [2.24, 2.45) is 0 Å². The van der Waals surface area contributed by atoms with Crippen LogP contribution in [0.5, 0.6) is 0 Å². The molecule has 5 heteroatoms. The molecule has 0 spiro atoms. The van der Waals surface area contributed by atoms with Gasteiger partial charge < -0.3 is 14.2 Å². The van der Waals surface area contributed by atoms with Gasteiger partial charge in [0.25, 0.3) is 0 Å². The average Bonchev–Trinajstić information content (AvgIpc) is 3.35. The lowest BCUT2D eigenvalue weighted by Crippen LogP contribution is -2.23. The summed E-state index contributed by atoms with van der Waals surface area (Å²) in [5, 5.41) is 3.14. The summed E-state index contributed by atoms with van der Waals surface area (Å²) in [4.78, 5) is 7.38. The number of hydrogen-bond donors (Lipinski definition) is 0. The number of aromatic nitrogens is 2. The third-order valence-corrected chi connectivity index (χ3v) is 5.84. The highest BCUT2D eigenvalue weighted by Gasteiger charge is 2.26. The third-order valence-electron chi connectivity index (χ3n) is 5.61. The molecule has 4 nitrogen and oxygen atoms in total. The van der Waals surface area contributed by atoms with Gasteiger partial charge in [0.15, 0.2) is 0 Å². The first kappa shape index (κ1) is 17.5. The second-order valence-electron chi connectivity index (χ2n) is 7.38. The van der Waals surface area contributed by atoms with Gasteiger partial charge in [0.05, 0.1) is 17.1 Å². The van der Waals surface area contributed by atoms with E-state index in [0.717, 1.165) is 42.4 Å². The van der Waals surface area contributed by atoms with Crippen molar-refractivity contribution in [1.29, 1.82) is 0 Å². The zero-order valence-electron chi connectivity index (χ0n) is 15.8. The van der Waals surface area contributed by atoms with E-state index in [9.17, 15) is 0 Å². The summed E-state index contributed by atoms with van der Waals surface area (Å²) in [5.41, 5.74) is 3.44. The molecule has 0 amide bonds. The number of nitrogens with zero attached hydrogens (tertiary/aromatic N) is 3. The largest absolute Gasteiger partial charge is 0.380 e. The molecule has 0 N–H and O–H groups in total. The summed E-state index contributed by atoms with van der Waals surface area (Å²) in [6.07, 6.45) is 3.47. The molecule has 1 saturated heterocycles. The number of halogens is 1. The maximum atomic E-state index is 6.20. The fourth-order valence-electron chi connectivity index (χ4n) is 4.22. The van der Waals surface area contributed by atoms with Crippen molar-refractivity contribution in [3.8, 4) is 0 Å². The Morgan fingerprint density at radius 1 is 1.11 bits per heavy atom. The van der Waals surface area contributed by atoms with Crippen LogP contribution in [0.3, 0.4) is 0 Å². The first-order valence-corrected chi connectivity index (χ1v) is 10.0. The van der Waals surface area contributed by atoms with Crippen molar-refractivity contribution in [3.63, 3.8) is 0 Å². The van der Waals surface area contributed by atoms with Crippen LogP contribution in [-0.4, -0.2) is 35.9 Å². The topological polar surface area (TPSA) is 30.3 Å². The van der Waals surface area contributed by atoms with Crippen LogP contribution in [0.1, 0.15) is 12.0 Å². The van der Waals surface area contributed by atoms with Crippen LogP contribution in [0.4, 0.5) is 5.82 Å². The van der Waals surface area contributed by atoms with Gasteiger partial charge >= 0.3 is 0 Å². The van der Waals surface area contributed by atoms with Gasteiger partial charge in [-0.1, -0.05) is 41.9 Å². The minimum Gasteiger partial charge on any atom is -0.380 e. The lowest BCUT2D eigenvalue weighted by Gasteiger charge is -2.20. The molecule has 5 rings (SSSR count). The van der Waals surface area contributed by atoms with Crippen LogP contribution in [0, 0.1) is 0 Å². The van der Waals surface area contributed by atoms with Crippen LogP contribution in [0.2, 0.25) is 5.02 Å². The first-order valence-electron chi connectivity index (χ1n) is 9.63.